The lowest BCUT2D eigenvalue weighted by molar-refractivity contribution is 0.110. The van der Waals surface area contributed by atoms with Crippen LogP contribution in [0.4, 0.5) is 4.39 Å². The minimum Gasteiger partial charge on any atom is -0.480 e. The van der Waals surface area contributed by atoms with Crippen LogP contribution in [0, 0.1) is 5.95 Å². The third-order valence-electron chi connectivity index (χ3n) is 4.01. The second-order valence-corrected chi connectivity index (χ2v) is 6.00. The SMILES string of the molecule is CC.COc1nc(F)ccc1-c1nc2nc(OC3CCC3)[nH]c2cc1Cl. The number of H-pyrrole nitrogens is 1. The van der Waals surface area contributed by atoms with Gasteiger partial charge in [0.25, 0.3) is 6.01 Å². The number of pyridine rings is 2. The summed E-state index contributed by atoms with van der Waals surface area (Å²) in [6.07, 6.45) is 3.46. The number of methoxy groups -OCH3 is 1. The van der Waals surface area contributed by atoms with Crippen molar-refractivity contribution in [2.45, 2.75) is 39.2 Å². The van der Waals surface area contributed by atoms with Gasteiger partial charge in [-0.15, -0.1) is 0 Å². The molecule has 1 saturated carbocycles. The molecule has 0 radical (unpaired) electrons. The number of nitrogens with zero attached hydrogens (tertiary/aromatic N) is 3. The Kier molecular flexibility index (Phi) is 5.56. The van der Waals surface area contributed by atoms with Crippen molar-refractivity contribution in [1.82, 2.24) is 19.9 Å². The molecule has 3 aromatic heterocycles. The van der Waals surface area contributed by atoms with Gasteiger partial charge in [0.1, 0.15) is 6.10 Å². The van der Waals surface area contributed by atoms with Crippen molar-refractivity contribution in [3.63, 3.8) is 0 Å². The van der Waals surface area contributed by atoms with E-state index >= 15 is 0 Å². The molecule has 0 aliphatic heterocycles. The second-order valence-electron chi connectivity index (χ2n) is 5.59. The Morgan fingerprint density at radius 3 is 2.62 bits per heavy atom. The van der Waals surface area contributed by atoms with Gasteiger partial charge in [-0.1, -0.05) is 25.4 Å². The van der Waals surface area contributed by atoms with E-state index in [2.05, 4.69) is 19.9 Å². The molecule has 0 bridgehead atoms. The smallest absolute Gasteiger partial charge is 0.296 e. The number of hydrogen-bond donors (Lipinski definition) is 1. The van der Waals surface area contributed by atoms with Gasteiger partial charge in [-0.3, -0.25) is 0 Å². The highest BCUT2D eigenvalue weighted by Crippen LogP contribution is 2.34. The van der Waals surface area contributed by atoms with Crippen LogP contribution in [-0.2, 0) is 0 Å². The van der Waals surface area contributed by atoms with Crippen LogP contribution in [0.2, 0.25) is 5.02 Å². The molecule has 1 aliphatic carbocycles. The molecule has 3 aromatic rings. The van der Waals surface area contributed by atoms with E-state index < -0.39 is 5.95 Å². The normalized spacial score (nSPS) is 13.7. The Balaban J connectivity index is 0.000000948. The van der Waals surface area contributed by atoms with E-state index in [0.29, 0.717) is 33.5 Å². The summed E-state index contributed by atoms with van der Waals surface area (Å²) in [5, 5.41) is 0.382. The molecule has 4 rings (SSSR count). The molecule has 6 nitrogen and oxygen atoms in total. The predicted octanol–water partition coefficient (Wildman–Crippen LogP) is 4.78. The Labute approximate surface area is 155 Å². The number of imidazole rings is 1. The summed E-state index contributed by atoms with van der Waals surface area (Å²) in [7, 11) is 1.41. The lowest BCUT2D eigenvalue weighted by atomic mass is 9.96. The lowest BCUT2D eigenvalue weighted by Gasteiger charge is -2.24. The lowest BCUT2D eigenvalue weighted by Crippen LogP contribution is -2.24. The van der Waals surface area contributed by atoms with Gasteiger partial charge in [0, 0.05) is 0 Å². The maximum Gasteiger partial charge on any atom is 0.296 e. The number of halogens is 2. The van der Waals surface area contributed by atoms with Gasteiger partial charge in [0.15, 0.2) is 5.65 Å². The highest BCUT2D eigenvalue weighted by molar-refractivity contribution is 6.33. The van der Waals surface area contributed by atoms with Crippen LogP contribution in [-0.4, -0.2) is 33.1 Å². The van der Waals surface area contributed by atoms with Crippen molar-refractivity contribution in [2.24, 2.45) is 0 Å². The first-order valence-corrected chi connectivity index (χ1v) is 8.95. The first-order valence-electron chi connectivity index (χ1n) is 8.58. The Bertz CT molecular complexity index is 912. The minimum atomic E-state index is -0.635. The van der Waals surface area contributed by atoms with E-state index in [0.717, 1.165) is 12.8 Å². The van der Waals surface area contributed by atoms with Crippen LogP contribution >= 0.6 is 11.6 Å². The van der Waals surface area contributed by atoms with Crippen LogP contribution < -0.4 is 9.47 Å². The van der Waals surface area contributed by atoms with Crippen LogP contribution in [0.15, 0.2) is 18.2 Å². The Hall–Kier alpha value is -2.41. The van der Waals surface area contributed by atoms with Crippen molar-refractivity contribution in [3.05, 3.63) is 29.2 Å². The zero-order valence-corrected chi connectivity index (χ0v) is 15.6. The van der Waals surface area contributed by atoms with Crippen LogP contribution in [0.5, 0.6) is 11.9 Å². The predicted molar refractivity (Wildman–Crippen MR) is 98.3 cm³/mol. The minimum absolute atomic E-state index is 0.116. The molecular weight excluding hydrogens is 359 g/mol. The maximum absolute atomic E-state index is 13.3. The van der Waals surface area contributed by atoms with E-state index in [1.165, 1.54) is 25.7 Å². The Morgan fingerprint density at radius 2 is 1.96 bits per heavy atom. The third-order valence-corrected chi connectivity index (χ3v) is 4.30. The van der Waals surface area contributed by atoms with Crippen molar-refractivity contribution in [3.8, 4) is 23.1 Å². The summed E-state index contributed by atoms with van der Waals surface area (Å²) in [5.74, 6) is -0.519. The van der Waals surface area contributed by atoms with Crippen molar-refractivity contribution in [2.75, 3.05) is 7.11 Å². The van der Waals surface area contributed by atoms with Crippen molar-refractivity contribution >= 4 is 22.8 Å². The monoisotopic (exact) mass is 378 g/mol. The highest BCUT2D eigenvalue weighted by atomic mass is 35.5. The molecule has 26 heavy (non-hydrogen) atoms. The Morgan fingerprint density at radius 1 is 1.19 bits per heavy atom. The van der Waals surface area contributed by atoms with Crippen molar-refractivity contribution in [1.29, 1.82) is 0 Å². The summed E-state index contributed by atoms with van der Waals surface area (Å²) in [4.78, 5) is 15.6. The molecule has 1 N–H and O–H groups in total. The van der Waals surface area contributed by atoms with Gasteiger partial charge in [-0.2, -0.15) is 14.4 Å². The summed E-state index contributed by atoms with van der Waals surface area (Å²) >= 11 is 6.33. The van der Waals surface area contributed by atoms with Gasteiger partial charge in [0.2, 0.25) is 11.8 Å². The average Bonchev–Trinajstić information content (AvgIpc) is 3.00. The number of ether oxygens (including phenoxy) is 2. The molecule has 0 unspecified atom stereocenters. The van der Waals surface area contributed by atoms with Crippen LogP contribution in [0.25, 0.3) is 22.4 Å². The third kappa shape index (κ3) is 3.58. The zero-order valence-electron chi connectivity index (χ0n) is 14.8. The van der Waals surface area contributed by atoms with Gasteiger partial charge in [-0.25, -0.2) is 4.98 Å². The molecule has 8 heteroatoms. The van der Waals surface area contributed by atoms with E-state index in [9.17, 15) is 4.39 Å². The van der Waals surface area contributed by atoms with Gasteiger partial charge >= 0.3 is 0 Å². The molecule has 0 aromatic carbocycles. The molecule has 0 atom stereocenters. The van der Waals surface area contributed by atoms with Gasteiger partial charge < -0.3 is 14.5 Å². The molecule has 0 spiro atoms. The standard InChI is InChI=1S/C16H14ClFN4O2.C2H6/c1-23-15-9(5-6-12(18)20-15)13-10(17)7-11-14(21-13)22-16(19-11)24-8-3-2-4-8;1-2/h5-8H,2-4H2,1H3,(H,19,21,22);1-2H3. The summed E-state index contributed by atoms with van der Waals surface area (Å²) in [6.45, 7) is 4.00. The van der Waals surface area contributed by atoms with E-state index in [-0.39, 0.29) is 12.0 Å². The zero-order chi connectivity index (χ0) is 18.7. The fourth-order valence-electron chi connectivity index (χ4n) is 2.54. The summed E-state index contributed by atoms with van der Waals surface area (Å²) in [5.41, 5.74) is 2.06. The number of aromatic amines is 1. The fraction of sp³-hybridized carbons (Fsp3) is 0.389. The summed E-state index contributed by atoms with van der Waals surface area (Å²) < 4.78 is 24.2. The maximum atomic E-state index is 13.3. The first-order chi connectivity index (χ1) is 12.6. The molecule has 3 heterocycles. The van der Waals surface area contributed by atoms with Crippen molar-refractivity contribution < 1.29 is 13.9 Å². The van der Waals surface area contributed by atoms with Gasteiger partial charge in [-0.05, 0) is 37.5 Å². The summed E-state index contributed by atoms with van der Waals surface area (Å²) in [6, 6.07) is 4.90. The molecule has 138 valence electrons. The van der Waals surface area contributed by atoms with Crippen LogP contribution in [0.3, 0.4) is 0 Å². The fourth-order valence-corrected chi connectivity index (χ4v) is 2.79. The number of rotatable bonds is 4. The number of hydrogen-bond acceptors (Lipinski definition) is 5. The molecule has 1 fully saturated rings. The molecule has 0 amide bonds. The average molecular weight is 379 g/mol. The van der Waals surface area contributed by atoms with Crippen LogP contribution in [0.1, 0.15) is 33.1 Å². The van der Waals surface area contributed by atoms with E-state index in [1.807, 2.05) is 13.8 Å². The highest BCUT2D eigenvalue weighted by Gasteiger charge is 2.21. The number of fused-ring (bicyclic) bond motifs is 1. The molecule has 0 saturated heterocycles. The first kappa shape index (κ1) is 18.4. The van der Waals surface area contributed by atoms with E-state index in [4.69, 9.17) is 21.1 Å². The van der Waals surface area contributed by atoms with Gasteiger partial charge in [0.05, 0.1) is 28.9 Å². The number of aromatic nitrogens is 4. The largest absolute Gasteiger partial charge is 0.480 e. The second kappa shape index (κ2) is 7.86. The van der Waals surface area contributed by atoms with E-state index in [1.54, 1.807) is 6.07 Å². The quantitative estimate of drug-likeness (QED) is 0.661. The molecule has 1 aliphatic rings. The molecular formula is C18H20ClFN4O2. The topological polar surface area (TPSA) is 72.9 Å². The number of nitrogens with one attached hydrogen (secondary N) is 1.